The zero-order valence-electron chi connectivity index (χ0n) is 28.4. The molecule has 2 atom stereocenters. The fourth-order valence-electron chi connectivity index (χ4n) is 4.92. The maximum Gasteiger partial charge on any atom is 0.362 e. The molecule has 0 aromatic heterocycles. The summed E-state index contributed by atoms with van der Waals surface area (Å²) in [7, 11) is 5.50. The van der Waals surface area contributed by atoms with Crippen LogP contribution in [0.25, 0.3) is 0 Å². The molecule has 0 rings (SSSR count). The summed E-state index contributed by atoms with van der Waals surface area (Å²) >= 11 is 0. The van der Waals surface area contributed by atoms with E-state index in [-0.39, 0.29) is 36.2 Å². The monoisotopic (exact) mass is 612 g/mol. The molecule has 0 aliphatic rings. The molecular weight excluding hydrogens is 546 g/mol. The van der Waals surface area contributed by atoms with E-state index < -0.39 is 18.1 Å². The topological polar surface area (TPSA) is 99.1 Å². The van der Waals surface area contributed by atoms with Gasteiger partial charge in [0.05, 0.1) is 34.4 Å². The molecule has 0 amide bonds. The van der Waals surface area contributed by atoms with E-state index in [2.05, 4.69) is 26.0 Å². The van der Waals surface area contributed by atoms with Gasteiger partial charge in [-0.15, -0.1) is 0 Å². The molecule has 252 valence electrons. The first-order valence-electron chi connectivity index (χ1n) is 17.2. The van der Waals surface area contributed by atoms with Crippen LogP contribution in [0, 0.1) is 0 Å². The smallest absolute Gasteiger partial charge is 0.362 e. The molecule has 0 saturated heterocycles. The lowest BCUT2D eigenvalue weighted by Gasteiger charge is -2.31. The number of nitrogens with zero attached hydrogens (tertiary/aromatic N) is 1. The number of carbonyl (C=O) groups excluding carboxylic acids is 2. The quantitative estimate of drug-likeness (QED) is 0.0380. The predicted molar refractivity (Wildman–Crippen MR) is 174 cm³/mol. The van der Waals surface area contributed by atoms with Crippen molar-refractivity contribution in [3.8, 4) is 0 Å². The third-order valence-electron chi connectivity index (χ3n) is 7.65. The van der Waals surface area contributed by atoms with Crippen LogP contribution in [0.4, 0.5) is 0 Å². The fraction of sp³-hybridized carbons (Fsp3) is 0.857. The number of hydrogen-bond donors (Lipinski definition) is 1. The molecule has 2 unspecified atom stereocenters. The molecule has 0 radical (unpaired) electrons. The van der Waals surface area contributed by atoms with Crippen molar-refractivity contribution in [1.82, 2.24) is 0 Å². The summed E-state index contributed by atoms with van der Waals surface area (Å²) in [6.45, 7) is 4.62. The lowest BCUT2D eigenvalue weighted by molar-refractivity contribution is -0.887. The van der Waals surface area contributed by atoms with Gasteiger partial charge in [0.2, 0.25) is 0 Å². The van der Waals surface area contributed by atoms with Crippen LogP contribution in [0.3, 0.4) is 0 Å². The van der Waals surface area contributed by atoms with E-state index in [4.69, 9.17) is 14.2 Å². The van der Waals surface area contributed by atoms with Crippen molar-refractivity contribution >= 4 is 17.9 Å². The predicted octanol–water partition coefficient (Wildman–Crippen LogP) is 8.02. The summed E-state index contributed by atoms with van der Waals surface area (Å²) in [4.78, 5) is 36.5. The lowest BCUT2D eigenvalue weighted by Crippen LogP contribution is -2.50. The van der Waals surface area contributed by atoms with Crippen LogP contribution in [0.5, 0.6) is 0 Å². The van der Waals surface area contributed by atoms with E-state index in [9.17, 15) is 19.5 Å². The summed E-state index contributed by atoms with van der Waals surface area (Å²) in [5.41, 5.74) is 0. The largest absolute Gasteiger partial charge is 0.477 e. The molecule has 43 heavy (non-hydrogen) atoms. The Morgan fingerprint density at radius 3 is 1.77 bits per heavy atom. The number of esters is 2. The second kappa shape index (κ2) is 27.6. The number of carboxylic acid groups (broad SMARTS) is 1. The summed E-state index contributed by atoms with van der Waals surface area (Å²) in [5.74, 6) is -1.48. The van der Waals surface area contributed by atoms with Crippen molar-refractivity contribution in [2.45, 2.75) is 154 Å². The number of unbranched alkanes of at least 4 members (excludes halogenated alkanes) is 14. The van der Waals surface area contributed by atoms with Crippen LogP contribution in [0.2, 0.25) is 0 Å². The molecule has 8 heteroatoms. The molecule has 0 spiro atoms. The second-order valence-electron chi connectivity index (χ2n) is 12.8. The van der Waals surface area contributed by atoms with Gasteiger partial charge in [0, 0.05) is 19.3 Å². The van der Waals surface area contributed by atoms with Gasteiger partial charge in [0.1, 0.15) is 6.61 Å². The van der Waals surface area contributed by atoms with Gasteiger partial charge in [-0.1, -0.05) is 103 Å². The number of allylic oxidation sites excluding steroid dienone is 2. The van der Waals surface area contributed by atoms with E-state index >= 15 is 0 Å². The van der Waals surface area contributed by atoms with Gasteiger partial charge in [-0.25, -0.2) is 4.79 Å². The second-order valence-corrected chi connectivity index (χ2v) is 12.8. The number of carboxylic acids is 1. The number of quaternary nitrogens is 1. The van der Waals surface area contributed by atoms with Crippen LogP contribution in [0.1, 0.15) is 142 Å². The third-order valence-corrected chi connectivity index (χ3v) is 7.65. The number of ether oxygens (including phenoxy) is 3. The highest BCUT2D eigenvalue weighted by Crippen LogP contribution is 2.13. The van der Waals surface area contributed by atoms with E-state index in [1.165, 1.54) is 51.4 Å². The molecule has 0 heterocycles. The third kappa shape index (κ3) is 26.2. The highest BCUT2D eigenvalue weighted by atomic mass is 16.6. The lowest BCUT2D eigenvalue weighted by atomic mass is 10.1. The average Bonchev–Trinajstić information content (AvgIpc) is 2.94. The van der Waals surface area contributed by atoms with Gasteiger partial charge in [-0.05, 0) is 32.1 Å². The van der Waals surface area contributed by atoms with Crippen molar-refractivity contribution in [3.05, 3.63) is 12.2 Å². The van der Waals surface area contributed by atoms with E-state index in [0.717, 1.165) is 57.8 Å². The number of aliphatic carboxylic acids is 1. The van der Waals surface area contributed by atoms with Crippen LogP contribution >= 0.6 is 0 Å². The number of hydrogen-bond acceptors (Lipinski definition) is 6. The van der Waals surface area contributed by atoms with Crippen molar-refractivity contribution in [2.24, 2.45) is 0 Å². The normalized spacial score (nSPS) is 13.2. The van der Waals surface area contributed by atoms with Gasteiger partial charge < -0.3 is 23.8 Å². The molecule has 8 nitrogen and oxygen atoms in total. The molecule has 0 saturated carbocycles. The molecule has 0 aliphatic heterocycles. The van der Waals surface area contributed by atoms with Crippen molar-refractivity contribution in [1.29, 1.82) is 0 Å². The maximum absolute atomic E-state index is 12.5. The van der Waals surface area contributed by atoms with Crippen molar-refractivity contribution < 1.29 is 38.2 Å². The molecule has 0 fully saturated rings. The minimum absolute atomic E-state index is 0.0504. The summed E-state index contributed by atoms with van der Waals surface area (Å²) in [6, 6.07) is -0.609. The van der Waals surface area contributed by atoms with Crippen LogP contribution in [-0.4, -0.2) is 80.6 Å². The summed E-state index contributed by atoms with van der Waals surface area (Å²) in [6.07, 6.45) is 24.0. The zero-order chi connectivity index (χ0) is 32.2. The molecule has 1 N–H and O–H groups in total. The van der Waals surface area contributed by atoms with E-state index in [1.54, 1.807) is 0 Å². The minimum atomic E-state index is -0.877. The highest BCUT2D eigenvalue weighted by Gasteiger charge is 2.31. The average molecular weight is 613 g/mol. The summed E-state index contributed by atoms with van der Waals surface area (Å²) < 4.78 is 17.1. The van der Waals surface area contributed by atoms with E-state index in [1.807, 2.05) is 21.1 Å². The van der Waals surface area contributed by atoms with Gasteiger partial charge in [0.25, 0.3) is 0 Å². The number of rotatable bonds is 30. The Hall–Kier alpha value is -1.93. The zero-order valence-corrected chi connectivity index (χ0v) is 28.4. The molecule has 0 aromatic rings. The van der Waals surface area contributed by atoms with Gasteiger partial charge in [-0.2, -0.15) is 0 Å². The Labute approximate surface area is 263 Å². The maximum atomic E-state index is 12.5. The van der Waals surface area contributed by atoms with Gasteiger partial charge in [0.15, 0.2) is 12.1 Å². The van der Waals surface area contributed by atoms with Crippen molar-refractivity contribution in [3.63, 3.8) is 0 Å². The SMILES string of the molecule is CCC/C=C\CCCCCCCC(=O)OC(COCCC(C(=O)O)[N+](C)(C)C)COC(=O)CCCCCCCCCCC. The molecule has 0 aromatic carbocycles. The molecule has 0 bridgehead atoms. The van der Waals surface area contributed by atoms with Crippen LogP contribution < -0.4 is 0 Å². The minimum Gasteiger partial charge on any atom is -0.477 e. The van der Waals surface area contributed by atoms with E-state index in [0.29, 0.717) is 19.3 Å². The van der Waals surface area contributed by atoms with Crippen LogP contribution in [-0.2, 0) is 28.6 Å². The Kier molecular flexibility index (Phi) is 26.4. The van der Waals surface area contributed by atoms with Gasteiger partial charge in [-0.3, -0.25) is 9.59 Å². The highest BCUT2D eigenvalue weighted by molar-refractivity contribution is 5.72. The Morgan fingerprint density at radius 1 is 0.674 bits per heavy atom. The Bertz CT molecular complexity index is 732. The number of carbonyl (C=O) groups is 3. The first kappa shape index (κ1) is 41.1. The first-order valence-corrected chi connectivity index (χ1v) is 17.2. The first-order chi connectivity index (χ1) is 20.6. The number of likely N-dealkylation sites (N-methyl/N-ethyl adjacent to an activating group) is 1. The van der Waals surface area contributed by atoms with Crippen LogP contribution in [0.15, 0.2) is 12.2 Å². The molecule has 0 aliphatic carbocycles. The fourth-order valence-corrected chi connectivity index (χ4v) is 4.92. The Balaban J connectivity index is 4.49. The van der Waals surface area contributed by atoms with Crippen molar-refractivity contribution in [2.75, 3.05) is 41.0 Å². The van der Waals surface area contributed by atoms with Gasteiger partial charge >= 0.3 is 17.9 Å². The molecular formula is C35H66NO7+. The summed E-state index contributed by atoms with van der Waals surface area (Å²) in [5, 5.41) is 9.54. The Morgan fingerprint density at radius 2 is 1.21 bits per heavy atom. The standard InChI is InChI=1S/C35H65NO7/c1-6-8-10-12-14-16-18-20-22-24-26-34(38)43-31(29-41-28-27-32(35(39)40)36(3,4)5)30-42-33(37)25-23-21-19-17-15-13-11-9-7-2/h10,12,31-32H,6-9,11,13-30H2,1-5H3/p+1/b12-10-.